The van der Waals surface area contributed by atoms with E-state index in [0.29, 0.717) is 41.9 Å². The van der Waals surface area contributed by atoms with Crippen LogP contribution in [0, 0.1) is 11.7 Å². The Hall–Kier alpha value is -5.07. The van der Waals surface area contributed by atoms with E-state index in [0.717, 1.165) is 57.8 Å². The zero-order valence-electron chi connectivity index (χ0n) is 30.3. The van der Waals surface area contributed by atoms with Crippen LogP contribution in [-0.4, -0.2) is 70.6 Å². The van der Waals surface area contributed by atoms with Crippen molar-refractivity contribution in [1.82, 2.24) is 15.2 Å². The van der Waals surface area contributed by atoms with Gasteiger partial charge in [0.2, 0.25) is 11.2 Å². The molecule has 2 heterocycles. The lowest BCUT2D eigenvalue weighted by Gasteiger charge is -2.33. The van der Waals surface area contributed by atoms with Crippen molar-refractivity contribution in [3.63, 3.8) is 0 Å². The summed E-state index contributed by atoms with van der Waals surface area (Å²) < 4.78 is 26.2. The third-order valence-electron chi connectivity index (χ3n) is 10.1. The number of aromatic hydroxyl groups is 1. The second-order valence-corrected chi connectivity index (χ2v) is 14.0. The Morgan fingerprint density at radius 2 is 1.69 bits per heavy atom. The number of esters is 1. The first-order chi connectivity index (χ1) is 26.2. The number of unbranched alkanes of at least 4 members (excludes halogenated alkanes) is 2. The number of carbonyl (C=O) groups is 1. The number of aliphatic hydroxyl groups is 2. The third kappa shape index (κ3) is 9.72. The quantitative estimate of drug-likeness (QED) is 0.0579. The molecule has 1 aliphatic heterocycles. The molecule has 0 saturated carbocycles. The number of nitrogens with zero attached hydrogens (tertiary/aromatic N) is 1. The van der Waals surface area contributed by atoms with Crippen LogP contribution in [0.15, 0.2) is 108 Å². The standard InChI is InChI=1S/C43H48FN3O7/c44-34-13-7-11-32(25-34)43(52,42(51)54-29-31-19-22-47(23-20-31)28-30-9-3-1-4-10-30)33-12-8-14-35(26-33)53-24-6-2-5-21-45-27-39(49)36-15-17-38(48)41-37(36)16-18-40(50)46-41/h1,3-4,7-18,25-26,31,39,45,48-49,52H,2,5-6,19-24,27-29H2,(H,46,50)/t39-,43?/m0/s1. The summed E-state index contributed by atoms with van der Waals surface area (Å²) in [5, 5.41) is 36.7. The van der Waals surface area contributed by atoms with Crippen LogP contribution in [0.3, 0.4) is 0 Å². The number of fused-ring (bicyclic) bond motifs is 1. The van der Waals surface area contributed by atoms with Crippen molar-refractivity contribution in [2.45, 2.75) is 50.4 Å². The molecule has 5 N–H and O–H groups in total. The number of likely N-dealkylation sites (tertiary alicyclic amines) is 1. The van der Waals surface area contributed by atoms with Crippen molar-refractivity contribution in [3.05, 3.63) is 142 Å². The van der Waals surface area contributed by atoms with Crippen LogP contribution in [0.1, 0.15) is 60.5 Å². The number of halogens is 1. The first-order valence-corrected chi connectivity index (χ1v) is 18.6. The number of aromatic amines is 1. The molecule has 1 aliphatic rings. The van der Waals surface area contributed by atoms with E-state index in [1.165, 1.54) is 35.9 Å². The van der Waals surface area contributed by atoms with Crippen LogP contribution in [0.2, 0.25) is 0 Å². The Labute approximate surface area is 314 Å². The number of nitrogens with one attached hydrogen (secondary N) is 2. The molecule has 1 aromatic heterocycles. The van der Waals surface area contributed by atoms with E-state index >= 15 is 0 Å². The van der Waals surface area contributed by atoms with Crippen molar-refractivity contribution < 1.29 is 34.0 Å². The van der Waals surface area contributed by atoms with Gasteiger partial charge in [-0.3, -0.25) is 9.69 Å². The Morgan fingerprint density at radius 1 is 0.926 bits per heavy atom. The zero-order valence-corrected chi connectivity index (χ0v) is 30.3. The highest BCUT2D eigenvalue weighted by molar-refractivity contribution is 5.87. The molecule has 1 unspecified atom stereocenters. The molecule has 11 heteroatoms. The highest BCUT2D eigenvalue weighted by Gasteiger charge is 2.42. The van der Waals surface area contributed by atoms with Gasteiger partial charge in [0, 0.05) is 35.7 Å². The summed E-state index contributed by atoms with van der Waals surface area (Å²) in [6.45, 7) is 4.16. The van der Waals surface area contributed by atoms with Gasteiger partial charge in [0.25, 0.3) is 0 Å². The van der Waals surface area contributed by atoms with Crippen LogP contribution in [-0.2, 0) is 21.7 Å². The molecule has 0 amide bonds. The number of piperidine rings is 1. The normalized spacial score (nSPS) is 15.5. The van der Waals surface area contributed by atoms with E-state index in [1.54, 1.807) is 36.4 Å². The minimum Gasteiger partial charge on any atom is -0.506 e. The Kier molecular flexibility index (Phi) is 13.1. The Bertz CT molecular complexity index is 2050. The highest BCUT2D eigenvalue weighted by Crippen LogP contribution is 2.34. The van der Waals surface area contributed by atoms with E-state index in [1.807, 2.05) is 18.2 Å². The minimum atomic E-state index is -2.24. The number of pyridine rings is 1. The molecular formula is C43H48FN3O7. The summed E-state index contributed by atoms with van der Waals surface area (Å²) in [6, 6.07) is 28.4. The fourth-order valence-electron chi connectivity index (χ4n) is 6.99. The highest BCUT2D eigenvalue weighted by atomic mass is 19.1. The van der Waals surface area contributed by atoms with Gasteiger partial charge >= 0.3 is 5.97 Å². The second-order valence-electron chi connectivity index (χ2n) is 14.0. The minimum absolute atomic E-state index is 0.0535. The zero-order chi connectivity index (χ0) is 37.9. The number of aromatic nitrogens is 1. The summed E-state index contributed by atoms with van der Waals surface area (Å²) in [4.78, 5) is 30.4. The lowest BCUT2D eigenvalue weighted by molar-refractivity contribution is -0.164. The largest absolute Gasteiger partial charge is 0.506 e. The number of carbonyl (C=O) groups excluding carboxylic acids is 1. The predicted molar refractivity (Wildman–Crippen MR) is 205 cm³/mol. The van der Waals surface area contributed by atoms with Crippen LogP contribution >= 0.6 is 0 Å². The van der Waals surface area contributed by atoms with Crippen LogP contribution in [0.4, 0.5) is 4.39 Å². The smallest absolute Gasteiger partial charge is 0.347 e. The van der Waals surface area contributed by atoms with Crippen molar-refractivity contribution in [1.29, 1.82) is 0 Å². The molecule has 0 aliphatic carbocycles. The predicted octanol–water partition coefficient (Wildman–Crippen LogP) is 5.94. The van der Waals surface area contributed by atoms with Crippen LogP contribution in [0.5, 0.6) is 11.5 Å². The molecule has 54 heavy (non-hydrogen) atoms. The monoisotopic (exact) mass is 737 g/mol. The average molecular weight is 738 g/mol. The molecule has 0 spiro atoms. The summed E-state index contributed by atoms with van der Waals surface area (Å²) in [5.41, 5.74) is -0.105. The number of phenolic OH excluding ortho intramolecular Hbond substituents is 1. The number of phenols is 1. The van der Waals surface area contributed by atoms with Crippen molar-refractivity contribution >= 4 is 16.9 Å². The number of benzene rings is 4. The topological polar surface area (TPSA) is 144 Å². The fraction of sp³-hybridized carbons (Fsp3) is 0.349. The van der Waals surface area contributed by atoms with Gasteiger partial charge in [-0.25, -0.2) is 9.18 Å². The summed E-state index contributed by atoms with van der Waals surface area (Å²) >= 11 is 0. The molecule has 0 bridgehead atoms. The Morgan fingerprint density at radius 3 is 2.46 bits per heavy atom. The van der Waals surface area contributed by atoms with E-state index in [-0.39, 0.29) is 35.0 Å². The third-order valence-corrected chi connectivity index (χ3v) is 10.1. The van der Waals surface area contributed by atoms with Gasteiger partial charge in [-0.15, -0.1) is 0 Å². The SMILES string of the molecule is O=C(OCC1CCN(Cc2ccccc2)CC1)C(O)(c1cccc(F)c1)c1cccc(OCCCCCNC[C@H](O)c2ccc(O)c3[nH]c(=O)ccc23)c1. The summed E-state index contributed by atoms with van der Waals surface area (Å²) in [5.74, 6) is -0.873. The maximum absolute atomic E-state index is 14.4. The van der Waals surface area contributed by atoms with E-state index in [2.05, 4.69) is 27.3 Å². The lowest BCUT2D eigenvalue weighted by atomic mass is 9.86. The maximum Gasteiger partial charge on any atom is 0.347 e. The number of H-pyrrole nitrogens is 1. The molecule has 2 atom stereocenters. The lowest BCUT2D eigenvalue weighted by Crippen LogP contribution is -2.40. The van der Waals surface area contributed by atoms with Gasteiger partial charge in [0.05, 0.1) is 24.8 Å². The molecule has 0 radical (unpaired) electrons. The summed E-state index contributed by atoms with van der Waals surface area (Å²) in [6.07, 6.45) is 3.31. The molecule has 10 nitrogen and oxygen atoms in total. The van der Waals surface area contributed by atoms with Gasteiger partial charge < -0.3 is 35.1 Å². The summed E-state index contributed by atoms with van der Waals surface area (Å²) in [7, 11) is 0. The number of hydrogen-bond donors (Lipinski definition) is 5. The second kappa shape index (κ2) is 18.3. The first kappa shape index (κ1) is 38.6. The Balaban J connectivity index is 0.976. The maximum atomic E-state index is 14.4. The fourth-order valence-corrected chi connectivity index (χ4v) is 6.99. The van der Waals surface area contributed by atoms with E-state index in [4.69, 9.17) is 9.47 Å². The van der Waals surface area contributed by atoms with Crippen molar-refractivity contribution in [3.8, 4) is 11.5 Å². The van der Waals surface area contributed by atoms with Gasteiger partial charge in [0.1, 0.15) is 17.3 Å². The van der Waals surface area contributed by atoms with Gasteiger partial charge in [0.15, 0.2) is 0 Å². The van der Waals surface area contributed by atoms with Crippen molar-refractivity contribution in [2.24, 2.45) is 5.92 Å². The molecule has 284 valence electrons. The van der Waals surface area contributed by atoms with Gasteiger partial charge in [-0.05, 0) is 105 Å². The van der Waals surface area contributed by atoms with Gasteiger partial charge in [-0.2, -0.15) is 0 Å². The first-order valence-electron chi connectivity index (χ1n) is 18.6. The molecule has 6 rings (SSSR count). The number of hydrogen-bond acceptors (Lipinski definition) is 9. The van der Waals surface area contributed by atoms with Crippen LogP contribution < -0.4 is 15.6 Å². The van der Waals surface area contributed by atoms with Crippen molar-refractivity contribution in [2.75, 3.05) is 39.4 Å². The number of aliphatic hydroxyl groups excluding tert-OH is 1. The average Bonchev–Trinajstić information content (AvgIpc) is 3.19. The van der Waals surface area contributed by atoms with Gasteiger partial charge in [-0.1, -0.05) is 60.7 Å². The molecule has 1 fully saturated rings. The molecule has 5 aromatic rings. The van der Waals surface area contributed by atoms with Crippen LogP contribution in [0.25, 0.3) is 10.9 Å². The van der Waals surface area contributed by atoms with E-state index < -0.39 is 23.5 Å². The molecule has 1 saturated heterocycles. The molecular weight excluding hydrogens is 689 g/mol. The van der Waals surface area contributed by atoms with E-state index in [9.17, 15) is 29.3 Å². The number of rotatable bonds is 17. The molecule has 4 aromatic carbocycles. The number of ether oxygens (including phenoxy) is 2.